The molecular weight excluding hydrogens is 382 g/mol. The van der Waals surface area contributed by atoms with Crippen molar-refractivity contribution in [1.29, 1.82) is 0 Å². The van der Waals surface area contributed by atoms with Crippen molar-refractivity contribution in [3.8, 4) is 0 Å². The van der Waals surface area contributed by atoms with Gasteiger partial charge >= 0.3 is 11.3 Å². The van der Waals surface area contributed by atoms with Crippen LogP contribution in [0.4, 0.5) is 4.79 Å². The van der Waals surface area contributed by atoms with E-state index in [0.717, 1.165) is 5.56 Å². The van der Waals surface area contributed by atoms with Crippen LogP contribution in [0, 0.1) is 0 Å². The molecule has 0 bridgehead atoms. The molecule has 0 saturated heterocycles. The van der Waals surface area contributed by atoms with Crippen molar-refractivity contribution >= 4 is 31.3 Å². The van der Waals surface area contributed by atoms with E-state index in [1.807, 2.05) is 30.3 Å². The van der Waals surface area contributed by atoms with Crippen molar-refractivity contribution < 1.29 is 18.8 Å². The topological polar surface area (TPSA) is 64.6 Å². The van der Waals surface area contributed by atoms with Gasteiger partial charge in [-0.15, -0.1) is 0 Å². The Morgan fingerprint density at radius 1 is 1.00 bits per heavy atom. The first kappa shape index (κ1) is 23.7. The number of esters is 1. The molecule has 1 aromatic carbocycles. The normalized spacial score (nSPS) is 13.1. The van der Waals surface area contributed by atoms with Crippen molar-refractivity contribution in [1.82, 2.24) is 5.32 Å². The van der Waals surface area contributed by atoms with Gasteiger partial charge < -0.3 is 14.5 Å². The van der Waals surface area contributed by atoms with Crippen LogP contribution in [0.2, 0.25) is 16.6 Å². The molecule has 0 aliphatic heterocycles. The van der Waals surface area contributed by atoms with Crippen LogP contribution in [-0.4, -0.2) is 32.3 Å². The zero-order chi connectivity index (χ0) is 20.6. The predicted octanol–water partition coefficient (Wildman–Crippen LogP) is 5.24. The maximum absolute atomic E-state index is 12.5. The van der Waals surface area contributed by atoms with Crippen LogP contribution in [0.3, 0.4) is 0 Å². The first-order valence-electron chi connectivity index (χ1n) is 9.41. The van der Waals surface area contributed by atoms with Gasteiger partial charge in [0.25, 0.3) is 0 Å². The zero-order valence-corrected chi connectivity index (χ0v) is 18.9. The highest BCUT2D eigenvalue weighted by atomic mass is 35.5. The summed E-state index contributed by atoms with van der Waals surface area (Å²) in [6, 6.07) is 8.45. The molecule has 7 heteroatoms. The number of carbonyl (C=O) groups is 2. The van der Waals surface area contributed by atoms with Gasteiger partial charge in [0.05, 0.1) is 6.61 Å². The van der Waals surface area contributed by atoms with Gasteiger partial charge in [-0.2, -0.15) is 0 Å². The molecule has 0 heterocycles. The zero-order valence-electron chi connectivity index (χ0n) is 17.1. The van der Waals surface area contributed by atoms with Crippen LogP contribution >= 0.6 is 11.6 Å². The Bertz CT molecular complexity index is 585. The predicted molar refractivity (Wildman–Crippen MR) is 111 cm³/mol. The summed E-state index contributed by atoms with van der Waals surface area (Å²) in [5.74, 6) is -0.549. The molecule has 1 atom stereocenters. The molecule has 1 amide bonds. The van der Waals surface area contributed by atoms with E-state index in [1.165, 1.54) is 0 Å². The number of halogens is 1. The molecule has 152 valence electrons. The Labute approximate surface area is 168 Å². The molecule has 0 aliphatic rings. The van der Waals surface area contributed by atoms with Gasteiger partial charge in [0, 0.05) is 0 Å². The SMILES string of the molecule is CC(C)[Si](OC[C@H](NC(=O)Cl)C(=O)OCc1ccccc1)(C(C)C)C(C)C. The van der Waals surface area contributed by atoms with Gasteiger partial charge in [-0.3, -0.25) is 4.79 Å². The van der Waals surface area contributed by atoms with E-state index >= 15 is 0 Å². The molecular formula is C20H32ClNO4Si. The van der Waals surface area contributed by atoms with Crippen LogP contribution in [0.1, 0.15) is 47.1 Å². The van der Waals surface area contributed by atoms with E-state index in [-0.39, 0.29) is 13.2 Å². The lowest BCUT2D eigenvalue weighted by atomic mass is 10.2. The average Bonchev–Trinajstić information content (AvgIpc) is 2.58. The minimum Gasteiger partial charge on any atom is -0.459 e. The van der Waals surface area contributed by atoms with E-state index in [9.17, 15) is 9.59 Å². The number of amides is 1. The van der Waals surface area contributed by atoms with Crippen LogP contribution in [0.5, 0.6) is 0 Å². The molecule has 0 saturated carbocycles. The van der Waals surface area contributed by atoms with Gasteiger partial charge in [-0.1, -0.05) is 71.9 Å². The third-order valence-electron chi connectivity index (χ3n) is 5.00. The number of ether oxygens (including phenoxy) is 1. The maximum atomic E-state index is 12.5. The number of carbonyl (C=O) groups excluding carboxylic acids is 2. The van der Waals surface area contributed by atoms with E-state index in [1.54, 1.807) is 0 Å². The molecule has 5 nitrogen and oxygen atoms in total. The second kappa shape index (κ2) is 10.8. The highest BCUT2D eigenvalue weighted by Gasteiger charge is 2.45. The van der Waals surface area contributed by atoms with Crippen molar-refractivity contribution in [2.45, 2.75) is 70.8 Å². The Balaban J connectivity index is 2.86. The third kappa shape index (κ3) is 6.62. The van der Waals surface area contributed by atoms with E-state index in [4.69, 9.17) is 20.8 Å². The first-order valence-corrected chi connectivity index (χ1v) is 11.9. The highest BCUT2D eigenvalue weighted by molar-refractivity contribution is 6.77. The molecule has 1 N–H and O–H groups in total. The third-order valence-corrected chi connectivity index (χ3v) is 11.2. The van der Waals surface area contributed by atoms with Gasteiger partial charge in [-0.25, -0.2) is 4.79 Å². The fourth-order valence-electron chi connectivity index (χ4n) is 3.86. The second-order valence-electron chi connectivity index (χ2n) is 7.69. The van der Waals surface area contributed by atoms with Crippen LogP contribution in [0.25, 0.3) is 0 Å². The van der Waals surface area contributed by atoms with Crippen LogP contribution in [0.15, 0.2) is 30.3 Å². The second-order valence-corrected chi connectivity index (χ2v) is 13.5. The summed E-state index contributed by atoms with van der Waals surface area (Å²) >= 11 is 5.47. The lowest BCUT2D eigenvalue weighted by Gasteiger charge is -2.42. The Kier molecular flexibility index (Phi) is 9.49. The fourth-order valence-corrected chi connectivity index (χ4v) is 9.45. The van der Waals surface area contributed by atoms with Gasteiger partial charge in [0.2, 0.25) is 0 Å². The van der Waals surface area contributed by atoms with Crippen molar-refractivity contribution in [3.05, 3.63) is 35.9 Å². The van der Waals surface area contributed by atoms with E-state index < -0.39 is 25.7 Å². The smallest absolute Gasteiger partial charge is 0.331 e. The summed E-state index contributed by atoms with van der Waals surface area (Å²) in [6.45, 7) is 13.2. The average molecular weight is 414 g/mol. The quantitative estimate of drug-likeness (QED) is 0.246. The fraction of sp³-hybridized carbons (Fsp3) is 0.600. The number of nitrogens with one attached hydrogen (secondary N) is 1. The highest BCUT2D eigenvalue weighted by Crippen LogP contribution is 2.42. The van der Waals surface area contributed by atoms with Crippen molar-refractivity contribution in [2.75, 3.05) is 6.61 Å². The largest absolute Gasteiger partial charge is 0.459 e. The summed E-state index contributed by atoms with van der Waals surface area (Å²) in [7, 11) is -2.18. The first-order chi connectivity index (χ1) is 12.6. The Morgan fingerprint density at radius 2 is 1.52 bits per heavy atom. The number of benzene rings is 1. The van der Waals surface area contributed by atoms with Crippen LogP contribution in [-0.2, 0) is 20.6 Å². The molecule has 0 aromatic heterocycles. The molecule has 27 heavy (non-hydrogen) atoms. The number of hydrogen-bond acceptors (Lipinski definition) is 4. The molecule has 0 spiro atoms. The molecule has 0 aliphatic carbocycles. The summed E-state index contributed by atoms with van der Waals surface area (Å²) in [5, 5.41) is 1.65. The van der Waals surface area contributed by atoms with Crippen molar-refractivity contribution in [3.63, 3.8) is 0 Å². The van der Waals surface area contributed by atoms with Gasteiger partial charge in [-0.05, 0) is 33.8 Å². The molecule has 0 fully saturated rings. The molecule has 0 unspecified atom stereocenters. The maximum Gasteiger partial charge on any atom is 0.331 e. The monoisotopic (exact) mass is 413 g/mol. The lowest BCUT2D eigenvalue weighted by Crippen LogP contribution is -2.52. The summed E-state index contributed by atoms with van der Waals surface area (Å²) in [6.07, 6.45) is 0. The lowest BCUT2D eigenvalue weighted by molar-refractivity contribution is -0.148. The standard InChI is InChI=1S/C20H32ClNO4Si/c1-14(2)27(15(3)4,16(5)6)26-13-18(22-20(21)24)19(23)25-12-17-10-8-7-9-11-17/h7-11,14-16,18H,12-13H2,1-6H3,(H,22,24)/t18-/m0/s1. The minimum atomic E-state index is -2.18. The van der Waals surface area contributed by atoms with Gasteiger partial charge in [0.1, 0.15) is 12.6 Å². The van der Waals surface area contributed by atoms with E-state index in [2.05, 4.69) is 46.9 Å². The summed E-state index contributed by atoms with van der Waals surface area (Å²) in [4.78, 5) is 23.9. The van der Waals surface area contributed by atoms with Gasteiger partial charge in [0.15, 0.2) is 8.32 Å². The summed E-state index contributed by atoms with van der Waals surface area (Å²) < 4.78 is 11.8. The van der Waals surface area contributed by atoms with Crippen molar-refractivity contribution in [2.24, 2.45) is 0 Å². The molecule has 0 radical (unpaired) electrons. The molecule has 1 aromatic rings. The number of hydrogen-bond donors (Lipinski definition) is 1. The minimum absolute atomic E-state index is 0.0623. The van der Waals surface area contributed by atoms with E-state index in [0.29, 0.717) is 16.6 Å². The Hall–Kier alpha value is -1.37. The number of rotatable bonds is 10. The summed E-state index contributed by atoms with van der Waals surface area (Å²) in [5.41, 5.74) is 1.97. The molecule has 1 rings (SSSR count). The van der Waals surface area contributed by atoms with Crippen LogP contribution < -0.4 is 5.32 Å². The Morgan fingerprint density at radius 3 is 1.96 bits per heavy atom.